The standard InChI is InChI=1S/C24H24F3N7O3S.C2H6/c1-10-8-34(9-11(2)37-10)23(36)22-32-16-7-28-18(6-17(16)38-22)29-12(3)19-14(24(25,26)27)5-15-20(33-19)21(35)31-13(4)30-15;1-2/h5-7,10-12H,8-9H2,1-4H3,(H,28,29)(H,30,31,35);1-2H3/t10?,11?,12-;/m0./s1. The molecule has 214 valence electrons. The highest BCUT2D eigenvalue weighted by atomic mass is 32.1. The number of thiazole rings is 1. The third-order valence-electron chi connectivity index (χ3n) is 6.07. The Balaban J connectivity index is 0.00000181. The molecule has 14 heteroatoms. The molecule has 0 spiro atoms. The van der Waals surface area contributed by atoms with E-state index in [1.165, 1.54) is 31.4 Å². The molecule has 5 heterocycles. The maximum atomic E-state index is 13.9. The first-order chi connectivity index (χ1) is 18.9. The molecule has 1 amide bonds. The molecule has 40 heavy (non-hydrogen) atoms. The number of hydrogen-bond donors (Lipinski definition) is 2. The maximum Gasteiger partial charge on any atom is 0.418 e. The number of H-pyrrole nitrogens is 1. The van der Waals surface area contributed by atoms with E-state index in [2.05, 4.69) is 30.2 Å². The van der Waals surface area contributed by atoms with Gasteiger partial charge in [0.1, 0.15) is 17.2 Å². The Morgan fingerprint density at radius 2 is 1.82 bits per heavy atom. The second-order valence-electron chi connectivity index (χ2n) is 9.33. The lowest BCUT2D eigenvalue weighted by Crippen LogP contribution is -2.48. The molecule has 5 rings (SSSR count). The van der Waals surface area contributed by atoms with E-state index in [4.69, 9.17) is 4.74 Å². The van der Waals surface area contributed by atoms with Crippen LogP contribution in [0.4, 0.5) is 19.0 Å². The van der Waals surface area contributed by atoms with E-state index in [1.54, 1.807) is 11.0 Å². The molecule has 3 atom stereocenters. The summed E-state index contributed by atoms with van der Waals surface area (Å²) in [5.41, 5.74) is -1.81. The van der Waals surface area contributed by atoms with Crippen molar-refractivity contribution in [2.24, 2.45) is 0 Å². The quantitative estimate of drug-likeness (QED) is 0.343. The Bertz CT molecular complexity index is 1590. The topological polar surface area (TPSA) is 126 Å². The number of fused-ring (bicyclic) bond motifs is 2. The van der Waals surface area contributed by atoms with Gasteiger partial charge in [-0.25, -0.2) is 19.9 Å². The van der Waals surface area contributed by atoms with Crippen molar-refractivity contribution in [3.8, 4) is 0 Å². The number of nitrogens with zero attached hydrogens (tertiary/aromatic N) is 5. The van der Waals surface area contributed by atoms with Crippen molar-refractivity contribution in [3.05, 3.63) is 50.8 Å². The summed E-state index contributed by atoms with van der Waals surface area (Å²) in [5.74, 6) is 0.251. The van der Waals surface area contributed by atoms with Gasteiger partial charge in [0.2, 0.25) is 0 Å². The molecule has 0 bridgehead atoms. The van der Waals surface area contributed by atoms with Crippen LogP contribution in [0, 0.1) is 6.92 Å². The van der Waals surface area contributed by atoms with E-state index in [9.17, 15) is 22.8 Å². The van der Waals surface area contributed by atoms with Gasteiger partial charge in [0, 0.05) is 13.1 Å². The zero-order valence-corrected chi connectivity index (χ0v) is 23.7. The Kier molecular flexibility index (Phi) is 8.40. The summed E-state index contributed by atoms with van der Waals surface area (Å²) in [6, 6.07) is 1.49. The van der Waals surface area contributed by atoms with E-state index in [-0.39, 0.29) is 46.5 Å². The number of carbonyl (C=O) groups is 1. The van der Waals surface area contributed by atoms with Gasteiger partial charge in [-0.05, 0) is 39.8 Å². The lowest BCUT2D eigenvalue weighted by atomic mass is 10.1. The van der Waals surface area contributed by atoms with Crippen molar-refractivity contribution in [2.45, 2.75) is 66.0 Å². The Morgan fingerprint density at radius 1 is 1.15 bits per heavy atom. The molecule has 0 aromatic carbocycles. The number of aryl methyl sites for hydroxylation is 1. The third-order valence-corrected chi connectivity index (χ3v) is 7.08. The predicted molar refractivity (Wildman–Crippen MR) is 147 cm³/mol. The number of nitrogens with one attached hydrogen (secondary N) is 2. The van der Waals surface area contributed by atoms with E-state index in [1.807, 2.05) is 27.7 Å². The molecule has 1 aliphatic heterocycles. The summed E-state index contributed by atoms with van der Waals surface area (Å²) in [4.78, 5) is 46.2. The monoisotopic (exact) mass is 577 g/mol. The molecular formula is C26H30F3N7O3S. The first-order valence-corrected chi connectivity index (χ1v) is 13.7. The number of hydrogen-bond acceptors (Lipinski definition) is 9. The van der Waals surface area contributed by atoms with Crippen molar-refractivity contribution in [2.75, 3.05) is 18.4 Å². The van der Waals surface area contributed by atoms with Crippen LogP contribution in [0.1, 0.15) is 67.5 Å². The molecule has 10 nitrogen and oxygen atoms in total. The average molecular weight is 578 g/mol. The molecule has 1 saturated heterocycles. The van der Waals surface area contributed by atoms with Gasteiger partial charge in [-0.3, -0.25) is 9.59 Å². The fourth-order valence-electron chi connectivity index (χ4n) is 4.53. The lowest BCUT2D eigenvalue weighted by Gasteiger charge is -2.34. The highest BCUT2D eigenvalue weighted by Gasteiger charge is 2.37. The highest BCUT2D eigenvalue weighted by Crippen LogP contribution is 2.36. The van der Waals surface area contributed by atoms with E-state index in [0.717, 1.165) is 6.07 Å². The van der Waals surface area contributed by atoms with Crippen LogP contribution in [0.5, 0.6) is 0 Å². The molecule has 2 unspecified atom stereocenters. The van der Waals surface area contributed by atoms with Gasteiger partial charge in [-0.1, -0.05) is 13.8 Å². The van der Waals surface area contributed by atoms with Gasteiger partial charge in [0.05, 0.1) is 45.9 Å². The van der Waals surface area contributed by atoms with Gasteiger partial charge in [0.25, 0.3) is 11.5 Å². The number of halogens is 3. The molecule has 1 aliphatic rings. The number of anilines is 1. The van der Waals surface area contributed by atoms with Crippen molar-refractivity contribution in [3.63, 3.8) is 0 Å². The Hall–Kier alpha value is -3.65. The van der Waals surface area contributed by atoms with Gasteiger partial charge in [-0.15, -0.1) is 11.3 Å². The highest BCUT2D eigenvalue weighted by molar-refractivity contribution is 7.20. The van der Waals surface area contributed by atoms with Crippen LogP contribution in [-0.2, 0) is 10.9 Å². The fourth-order valence-corrected chi connectivity index (χ4v) is 5.47. The number of alkyl halides is 3. The van der Waals surface area contributed by atoms with E-state index < -0.39 is 23.3 Å². The van der Waals surface area contributed by atoms with E-state index in [0.29, 0.717) is 28.3 Å². The van der Waals surface area contributed by atoms with Crippen molar-refractivity contribution in [1.82, 2.24) is 29.8 Å². The Morgan fingerprint density at radius 3 is 2.48 bits per heavy atom. The van der Waals surface area contributed by atoms with Crippen LogP contribution in [0.3, 0.4) is 0 Å². The van der Waals surface area contributed by atoms with Gasteiger partial charge in [-0.2, -0.15) is 13.2 Å². The van der Waals surface area contributed by atoms with Crippen LogP contribution in [0.25, 0.3) is 21.3 Å². The van der Waals surface area contributed by atoms with Gasteiger partial charge >= 0.3 is 6.18 Å². The number of ether oxygens (including phenoxy) is 1. The zero-order valence-electron chi connectivity index (χ0n) is 22.9. The average Bonchev–Trinajstić information content (AvgIpc) is 3.31. The lowest BCUT2D eigenvalue weighted by molar-refractivity contribution is -0.138. The van der Waals surface area contributed by atoms with E-state index >= 15 is 0 Å². The first-order valence-electron chi connectivity index (χ1n) is 12.9. The molecule has 0 saturated carbocycles. The predicted octanol–water partition coefficient (Wildman–Crippen LogP) is 5.10. The SMILES string of the molecule is CC.Cc1nc2cc(C(F)(F)F)c([C@H](C)Nc3cc4sc(C(=O)N5CC(C)OC(C)C5)nc4cn3)nc2c(=O)[nH]1. The van der Waals surface area contributed by atoms with Crippen molar-refractivity contribution >= 4 is 44.3 Å². The summed E-state index contributed by atoms with van der Waals surface area (Å²) < 4.78 is 48.1. The normalized spacial score (nSPS) is 18.4. The van der Waals surface area contributed by atoms with Crippen LogP contribution in [-0.4, -0.2) is 61.0 Å². The van der Waals surface area contributed by atoms with Crippen LogP contribution < -0.4 is 10.9 Å². The third kappa shape index (κ3) is 6.07. The largest absolute Gasteiger partial charge is 0.418 e. The second-order valence-corrected chi connectivity index (χ2v) is 10.4. The molecule has 2 N–H and O–H groups in total. The number of morpholine rings is 1. The minimum Gasteiger partial charge on any atom is -0.372 e. The summed E-state index contributed by atoms with van der Waals surface area (Å²) in [6.45, 7) is 11.7. The summed E-state index contributed by atoms with van der Waals surface area (Å²) >= 11 is 1.18. The zero-order chi connectivity index (χ0) is 29.4. The molecule has 4 aromatic rings. The molecule has 0 aliphatic carbocycles. The van der Waals surface area contributed by atoms with Crippen LogP contribution >= 0.6 is 11.3 Å². The molecule has 4 aromatic heterocycles. The van der Waals surface area contributed by atoms with Crippen LogP contribution in [0.2, 0.25) is 0 Å². The smallest absolute Gasteiger partial charge is 0.372 e. The summed E-state index contributed by atoms with van der Waals surface area (Å²) in [7, 11) is 0. The minimum absolute atomic E-state index is 0.0864. The van der Waals surface area contributed by atoms with Gasteiger partial charge < -0.3 is 19.9 Å². The number of carbonyl (C=O) groups excluding carboxylic acids is 1. The number of pyridine rings is 2. The summed E-state index contributed by atoms with van der Waals surface area (Å²) in [6.07, 6.45) is -3.44. The number of aromatic nitrogens is 5. The molecule has 0 radical (unpaired) electrons. The summed E-state index contributed by atoms with van der Waals surface area (Å²) in [5, 5.41) is 3.23. The van der Waals surface area contributed by atoms with Crippen LogP contribution in [0.15, 0.2) is 23.1 Å². The number of aromatic amines is 1. The fraction of sp³-hybridized carbons (Fsp3) is 0.462. The van der Waals surface area contributed by atoms with Crippen molar-refractivity contribution < 1.29 is 22.7 Å². The molecule has 1 fully saturated rings. The number of amides is 1. The Labute approximate surface area is 232 Å². The van der Waals surface area contributed by atoms with Crippen molar-refractivity contribution in [1.29, 1.82) is 0 Å². The maximum absolute atomic E-state index is 13.9. The molecular weight excluding hydrogens is 547 g/mol. The number of rotatable bonds is 4. The second kappa shape index (κ2) is 11.5. The van der Waals surface area contributed by atoms with Gasteiger partial charge in [0.15, 0.2) is 10.5 Å². The minimum atomic E-state index is -4.72. The first kappa shape index (κ1) is 29.3.